The van der Waals surface area contributed by atoms with E-state index in [9.17, 15) is 10.1 Å². The molecule has 2 aromatic carbocycles. The molecule has 2 aromatic rings. The molecule has 0 aliphatic carbocycles. The van der Waals surface area contributed by atoms with Crippen molar-refractivity contribution in [1.29, 1.82) is 5.26 Å². The first-order valence-corrected chi connectivity index (χ1v) is 9.30. The summed E-state index contributed by atoms with van der Waals surface area (Å²) in [5.74, 6) is 0.766. The molecule has 5 heteroatoms. The van der Waals surface area contributed by atoms with Crippen LogP contribution in [0.3, 0.4) is 0 Å². The molecule has 146 valence electrons. The number of ether oxygens (including phenoxy) is 2. The van der Waals surface area contributed by atoms with Crippen molar-refractivity contribution in [3.63, 3.8) is 0 Å². The van der Waals surface area contributed by atoms with Crippen molar-refractivity contribution >= 4 is 17.7 Å². The first-order valence-electron chi connectivity index (χ1n) is 9.30. The Morgan fingerprint density at radius 3 is 2.68 bits per heavy atom. The normalized spacial score (nSPS) is 10.9. The first kappa shape index (κ1) is 21.0. The van der Waals surface area contributed by atoms with Gasteiger partial charge in [-0.1, -0.05) is 31.5 Å². The molecule has 0 saturated heterocycles. The molecule has 1 amide bonds. The molecule has 0 fully saturated rings. The lowest BCUT2D eigenvalue weighted by Gasteiger charge is -2.11. The van der Waals surface area contributed by atoms with Crippen LogP contribution in [0.1, 0.15) is 36.5 Å². The van der Waals surface area contributed by atoms with E-state index in [0.717, 1.165) is 24.0 Å². The molecule has 0 bridgehead atoms. The van der Waals surface area contributed by atoms with E-state index in [0.29, 0.717) is 29.4 Å². The van der Waals surface area contributed by atoms with Gasteiger partial charge in [0.2, 0.25) is 0 Å². The molecule has 0 aromatic heterocycles. The SMILES string of the molecule is CCCCOc1ccc(C=C(C#N)C(=O)Nc2cccc(C)c2C)cc1OC. The number of carbonyl (C=O) groups excluding carboxylic acids is 1. The van der Waals surface area contributed by atoms with Gasteiger partial charge in [0.15, 0.2) is 11.5 Å². The molecule has 0 spiro atoms. The molecular formula is C23H26N2O3. The highest BCUT2D eigenvalue weighted by atomic mass is 16.5. The van der Waals surface area contributed by atoms with Crippen LogP contribution in [0.4, 0.5) is 5.69 Å². The Bertz CT molecular complexity index is 911. The van der Waals surface area contributed by atoms with Gasteiger partial charge in [0.1, 0.15) is 11.6 Å². The molecule has 0 saturated carbocycles. The summed E-state index contributed by atoms with van der Waals surface area (Å²) in [6.45, 7) is 6.62. The molecule has 1 N–H and O–H groups in total. The smallest absolute Gasteiger partial charge is 0.266 e. The predicted octanol–water partition coefficient (Wildman–Crippen LogP) is 5.04. The second-order valence-electron chi connectivity index (χ2n) is 6.48. The van der Waals surface area contributed by atoms with Crippen LogP contribution in [0.15, 0.2) is 42.0 Å². The van der Waals surface area contributed by atoms with Crippen molar-refractivity contribution in [2.75, 3.05) is 19.0 Å². The molecule has 0 radical (unpaired) electrons. The topological polar surface area (TPSA) is 71.3 Å². The number of carbonyl (C=O) groups is 1. The van der Waals surface area contributed by atoms with Gasteiger partial charge in [0.05, 0.1) is 13.7 Å². The van der Waals surface area contributed by atoms with Crippen molar-refractivity contribution in [3.8, 4) is 17.6 Å². The number of methoxy groups -OCH3 is 1. The number of benzene rings is 2. The van der Waals surface area contributed by atoms with Gasteiger partial charge in [-0.15, -0.1) is 0 Å². The van der Waals surface area contributed by atoms with Gasteiger partial charge >= 0.3 is 0 Å². The van der Waals surface area contributed by atoms with Crippen LogP contribution in [0.5, 0.6) is 11.5 Å². The van der Waals surface area contributed by atoms with E-state index in [1.54, 1.807) is 31.4 Å². The van der Waals surface area contributed by atoms with Crippen LogP contribution in [-0.2, 0) is 4.79 Å². The maximum absolute atomic E-state index is 12.5. The minimum atomic E-state index is -0.446. The number of unbranched alkanes of at least 4 members (excludes halogenated alkanes) is 1. The third-order valence-electron chi connectivity index (χ3n) is 4.47. The van der Waals surface area contributed by atoms with E-state index in [-0.39, 0.29) is 5.57 Å². The standard InChI is InChI=1S/C23H26N2O3/c1-5-6-12-28-21-11-10-18(14-22(21)27-4)13-19(15-24)23(26)25-20-9-7-8-16(2)17(20)3/h7-11,13-14H,5-6,12H2,1-4H3,(H,25,26). The molecule has 0 heterocycles. The molecule has 0 aliphatic heterocycles. The molecule has 0 unspecified atom stereocenters. The number of amides is 1. The van der Waals surface area contributed by atoms with Crippen molar-refractivity contribution in [2.24, 2.45) is 0 Å². The summed E-state index contributed by atoms with van der Waals surface area (Å²) < 4.78 is 11.1. The van der Waals surface area contributed by atoms with Gasteiger partial charge in [-0.25, -0.2) is 0 Å². The van der Waals surface area contributed by atoms with Gasteiger partial charge in [0, 0.05) is 5.69 Å². The minimum absolute atomic E-state index is 0.0163. The number of nitrogens with one attached hydrogen (secondary N) is 1. The van der Waals surface area contributed by atoms with Gasteiger partial charge < -0.3 is 14.8 Å². The zero-order valence-electron chi connectivity index (χ0n) is 16.8. The first-order chi connectivity index (χ1) is 13.5. The fourth-order valence-electron chi connectivity index (χ4n) is 2.61. The molecular weight excluding hydrogens is 352 g/mol. The fourth-order valence-corrected chi connectivity index (χ4v) is 2.61. The van der Waals surface area contributed by atoms with E-state index in [2.05, 4.69) is 12.2 Å². The quantitative estimate of drug-likeness (QED) is 0.397. The lowest BCUT2D eigenvalue weighted by Crippen LogP contribution is -2.14. The maximum Gasteiger partial charge on any atom is 0.266 e. The monoisotopic (exact) mass is 378 g/mol. The van der Waals surface area contributed by atoms with Crippen LogP contribution in [0, 0.1) is 25.2 Å². The van der Waals surface area contributed by atoms with Crippen LogP contribution in [0.25, 0.3) is 6.08 Å². The zero-order valence-corrected chi connectivity index (χ0v) is 16.8. The average molecular weight is 378 g/mol. The van der Waals surface area contributed by atoms with Crippen molar-refractivity contribution in [1.82, 2.24) is 0 Å². The Morgan fingerprint density at radius 2 is 2.00 bits per heavy atom. The summed E-state index contributed by atoms with van der Waals surface area (Å²) in [4.78, 5) is 12.5. The van der Waals surface area contributed by atoms with E-state index in [1.165, 1.54) is 0 Å². The van der Waals surface area contributed by atoms with E-state index >= 15 is 0 Å². The van der Waals surface area contributed by atoms with Crippen LogP contribution in [0.2, 0.25) is 0 Å². The van der Waals surface area contributed by atoms with E-state index < -0.39 is 5.91 Å². The zero-order chi connectivity index (χ0) is 20.5. The number of rotatable bonds is 8. The number of hydrogen-bond donors (Lipinski definition) is 1. The highest BCUT2D eigenvalue weighted by Gasteiger charge is 2.12. The summed E-state index contributed by atoms with van der Waals surface area (Å²) in [7, 11) is 1.56. The molecule has 0 aliphatic rings. The molecule has 0 atom stereocenters. The van der Waals surface area contributed by atoms with Crippen LogP contribution in [-0.4, -0.2) is 19.6 Å². The molecule has 5 nitrogen and oxygen atoms in total. The Hall–Kier alpha value is -3.26. The van der Waals surface area contributed by atoms with Gasteiger partial charge in [-0.2, -0.15) is 5.26 Å². The van der Waals surface area contributed by atoms with Crippen molar-refractivity contribution in [3.05, 3.63) is 58.7 Å². The number of aryl methyl sites for hydroxylation is 1. The van der Waals surface area contributed by atoms with Crippen molar-refractivity contribution in [2.45, 2.75) is 33.6 Å². The van der Waals surface area contributed by atoms with Gasteiger partial charge in [0.25, 0.3) is 5.91 Å². The van der Waals surface area contributed by atoms with Gasteiger partial charge in [-0.05, 0) is 61.2 Å². The highest BCUT2D eigenvalue weighted by molar-refractivity contribution is 6.10. The van der Waals surface area contributed by atoms with Gasteiger partial charge in [-0.3, -0.25) is 4.79 Å². The molecule has 28 heavy (non-hydrogen) atoms. The summed E-state index contributed by atoms with van der Waals surface area (Å²) in [5.41, 5.74) is 3.45. The van der Waals surface area contributed by atoms with Crippen molar-refractivity contribution < 1.29 is 14.3 Å². The lowest BCUT2D eigenvalue weighted by atomic mass is 10.1. The summed E-state index contributed by atoms with van der Waals surface area (Å²) in [6.07, 6.45) is 3.55. The minimum Gasteiger partial charge on any atom is -0.493 e. The van der Waals surface area contributed by atoms with E-state index in [1.807, 2.05) is 38.1 Å². The fraction of sp³-hybridized carbons (Fsp3) is 0.304. The average Bonchev–Trinajstić information content (AvgIpc) is 2.70. The lowest BCUT2D eigenvalue weighted by molar-refractivity contribution is -0.112. The summed E-state index contributed by atoms with van der Waals surface area (Å²) in [5, 5.41) is 12.3. The largest absolute Gasteiger partial charge is 0.493 e. The Balaban J connectivity index is 2.22. The molecule has 2 rings (SSSR count). The third-order valence-corrected chi connectivity index (χ3v) is 4.47. The van der Waals surface area contributed by atoms with Crippen LogP contribution < -0.4 is 14.8 Å². The number of anilines is 1. The number of hydrogen-bond acceptors (Lipinski definition) is 4. The third kappa shape index (κ3) is 5.37. The van der Waals surface area contributed by atoms with E-state index in [4.69, 9.17) is 9.47 Å². The highest BCUT2D eigenvalue weighted by Crippen LogP contribution is 2.29. The second-order valence-corrected chi connectivity index (χ2v) is 6.48. The Kier molecular flexibility index (Phi) is 7.65. The second kappa shape index (κ2) is 10.2. The number of nitrogens with zero attached hydrogens (tertiary/aromatic N) is 1. The number of nitriles is 1. The summed E-state index contributed by atoms with van der Waals surface area (Å²) >= 11 is 0. The van der Waals surface area contributed by atoms with Crippen LogP contribution >= 0.6 is 0 Å². The summed E-state index contributed by atoms with van der Waals surface area (Å²) in [6, 6.07) is 13.0. The predicted molar refractivity (Wildman–Crippen MR) is 112 cm³/mol. The Morgan fingerprint density at radius 1 is 1.21 bits per heavy atom. The maximum atomic E-state index is 12.5. The Labute approximate surface area is 166 Å².